The lowest BCUT2D eigenvalue weighted by Gasteiger charge is -2.10. The van der Waals surface area contributed by atoms with Gasteiger partial charge >= 0.3 is 0 Å². The van der Waals surface area contributed by atoms with Crippen molar-refractivity contribution in [1.29, 1.82) is 0 Å². The first-order valence-corrected chi connectivity index (χ1v) is 11.1. The van der Waals surface area contributed by atoms with E-state index in [1.54, 1.807) is 0 Å². The Morgan fingerprint density at radius 3 is 1.93 bits per heavy atom. The summed E-state index contributed by atoms with van der Waals surface area (Å²) in [6.45, 7) is 0. The van der Waals surface area contributed by atoms with Gasteiger partial charge in [0.1, 0.15) is 28.9 Å². The maximum absolute atomic E-state index is 6.18. The minimum Gasteiger partial charge on any atom is -0.472 e. The largest absolute Gasteiger partial charge is 0.472 e. The van der Waals surface area contributed by atoms with Crippen LogP contribution in [0.25, 0.3) is 21.9 Å². The van der Waals surface area contributed by atoms with Crippen molar-refractivity contribution in [2.24, 2.45) is 0 Å². The summed E-state index contributed by atoms with van der Waals surface area (Å²) in [7, 11) is 0.417. The first-order valence-electron chi connectivity index (χ1n) is 9.28. The van der Waals surface area contributed by atoms with Gasteiger partial charge in [0.15, 0.2) is 11.3 Å². The van der Waals surface area contributed by atoms with E-state index in [1.807, 2.05) is 66.7 Å². The monoisotopic (exact) mass is 416 g/mol. The lowest BCUT2D eigenvalue weighted by molar-refractivity contribution is 0.588. The second kappa shape index (κ2) is 8.25. The first kappa shape index (κ1) is 18.2. The molecule has 29 heavy (non-hydrogen) atoms. The molecule has 1 heterocycles. The Morgan fingerprint density at radius 1 is 0.586 bits per heavy atom. The molecule has 0 aliphatic carbocycles. The summed E-state index contributed by atoms with van der Waals surface area (Å²) < 4.78 is 18.4. The van der Waals surface area contributed by atoms with Crippen LogP contribution in [0.4, 0.5) is 0 Å². The average Bonchev–Trinajstić information content (AvgIpc) is 3.16. The van der Waals surface area contributed by atoms with Crippen molar-refractivity contribution in [2.45, 2.75) is 0 Å². The summed E-state index contributed by atoms with van der Waals surface area (Å²) in [6.07, 6.45) is 0. The fourth-order valence-electron chi connectivity index (χ4n) is 3.15. The number of hydrogen-bond donors (Lipinski definition) is 0. The fourth-order valence-corrected chi connectivity index (χ4v) is 4.54. The van der Waals surface area contributed by atoms with Crippen LogP contribution in [0.2, 0.25) is 0 Å². The van der Waals surface area contributed by atoms with Gasteiger partial charge in [0.2, 0.25) is 0 Å². The van der Waals surface area contributed by atoms with E-state index in [1.165, 1.54) is 0 Å². The van der Waals surface area contributed by atoms with Gasteiger partial charge in [-0.25, -0.2) is 0 Å². The third kappa shape index (κ3) is 3.98. The van der Waals surface area contributed by atoms with Crippen LogP contribution in [-0.2, 0) is 0 Å². The smallest absolute Gasteiger partial charge is 0.177 e. The second-order valence-corrected chi connectivity index (χ2v) is 8.51. The molecule has 1 aromatic heterocycles. The molecule has 2 atom stereocenters. The van der Waals surface area contributed by atoms with Crippen LogP contribution in [0.1, 0.15) is 0 Å². The van der Waals surface area contributed by atoms with Crippen molar-refractivity contribution in [2.75, 3.05) is 0 Å². The molecule has 5 aromatic rings. The first-order chi connectivity index (χ1) is 14.4. The molecular formula is C24H18O3P2. The van der Waals surface area contributed by atoms with Crippen LogP contribution in [0.3, 0.4) is 0 Å². The second-order valence-electron chi connectivity index (χ2n) is 6.54. The average molecular weight is 416 g/mol. The Balaban J connectivity index is 1.52. The molecule has 0 N–H and O–H groups in total. The maximum Gasteiger partial charge on any atom is 0.177 e. The van der Waals surface area contributed by atoms with E-state index in [4.69, 9.17) is 13.5 Å². The summed E-state index contributed by atoms with van der Waals surface area (Å²) in [5.41, 5.74) is 1.60. The van der Waals surface area contributed by atoms with Crippen LogP contribution in [0, 0.1) is 0 Å². The molecule has 0 saturated heterocycles. The topological polar surface area (TPSA) is 31.6 Å². The van der Waals surface area contributed by atoms with Gasteiger partial charge in [-0.15, -0.1) is 0 Å². The van der Waals surface area contributed by atoms with Crippen molar-refractivity contribution in [3.05, 3.63) is 97.1 Å². The van der Waals surface area contributed by atoms with E-state index in [0.29, 0.717) is 5.75 Å². The molecule has 0 radical (unpaired) electrons. The van der Waals surface area contributed by atoms with Gasteiger partial charge in [-0.2, -0.15) is 0 Å². The van der Waals surface area contributed by atoms with Gasteiger partial charge in [-0.1, -0.05) is 78.9 Å². The van der Waals surface area contributed by atoms with Gasteiger partial charge in [0.25, 0.3) is 0 Å². The van der Waals surface area contributed by atoms with Crippen molar-refractivity contribution in [3.8, 4) is 11.5 Å². The zero-order valence-electron chi connectivity index (χ0n) is 15.5. The molecule has 0 aliphatic heterocycles. The van der Waals surface area contributed by atoms with Crippen LogP contribution >= 0.6 is 17.6 Å². The summed E-state index contributed by atoms with van der Waals surface area (Å²) in [4.78, 5) is 0. The molecule has 4 aromatic carbocycles. The van der Waals surface area contributed by atoms with E-state index in [9.17, 15) is 0 Å². The molecule has 0 aliphatic rings. The molecule has 2 unspecified atom stereocenters. The third-order valence-corrected chi connectivity index (χ3v) is 6.33. The highest BCUT2D eigenvalue weighted by molar-refractivity contribution is 7.42. The van der Waals surface area contributed by atoms with Gasteiger partial charge in [0.05, 0.1) is 0 Å². The normalized spacial score (nSPS) is 11.9. The predicted molar refractivity (Wildman–Crippen MR) is 124 cm³/mol. The number of para-hydroxylation sites is 1. The van der Waals surface area contributed by atoms with Crippen molar-refractivity contribution in [1.82, 2.24) is 0 Å². The standard InChI is InChI=1S/C24H18O3P2/c1-3-9-18(10-4-1)28-26-17-15-21-20-13-7-8-14-22(20)25-24(21)23(16-17)27-29-19-11-5-2-6-12-19/h1-16,28-29H. The Hall–Kier alpha value is -2.86. The summed E-state index contributed by atoms with van der Waals surface area (Å²) in [6, 6.07) is 32.3. The minimum absolute atomic E-state index is 0.190. The Labute approximate surface area is 172 Å². The number of furan rings is 1. The number of rotatable bonds is 6. The van der Waals surface area contributed by atoms with Gasteiger partial charge < -0.3 is 13.5 Å². The van der Waals surface area contributed by atoms with E-state index < -0.39 is 0 Å². The number of benzene rings is 4. The van der Waals surface area contributed by atoms with E-state index in [-0.39, 0.29) is 17.6 Å². The highest BCUT2D eigenvalue weighted by atomic mass is 31.1. The Bertz CT molecular complexity index is 1250. The number of hydrogen-bond acceptors (Lipinski definition) is 3. The molecule has 0 amide bonds. The van der Waals surface area contributed by atoms with Crippen molar-refractivity contribution >= 4 is 50.2 Å². The maximum atomic E-state index is 6.18. The summed E-state index contributed by atoms with van der Waals surface area (Å²) >= 11 is 0. The number of fused-ring (bicyclic) bond motifs is 3. The van der Waals surface area contributed by atoms with Crippen LogP contribution in [-0.4, -0.2) is 0 Å². The molecule has 0 bridgehead atoms. The lowest BCUT2D eigenvalue weighted by Crippen LogP contribution is -1.96. The summed E-state index contributed by atoms with van der Waals surface area (Å²) in [5.74, 6) is 1.48. The molecule has 0 spiro atoms. The van der Waals surface area contributed by atoms with Crippen molar-refractivity contribution in [3.63, 3.8) is 0 Å². The van der Waals surface area contributed by atoms with Crippen LogP contribution in [0.5, 0.6) is 11.5 Å². The summed E-state index contributed by atoms with van der Waals surface area (Å²) in [5, 5.41) is 4.35. The van der Waals surface area contributed by atoms with Crippen molar-refractivity contribution < 1.29 is 13.5 Å². The molecular weight excluding hydrogens is 398 g/mol. The quantitative estimate of drug-likeness (QED) is 0.310. The molecule has 142 valence electrons. The predicted octanol–water partition coefficient (Wildman–Crippen LogP) is 6.18. The minimum atomic E-state index is 0.190. The third-order valence-electron chi connectivity index (χ3n) is 4.53. The van der Waals surface area contributed by atoms with E-state index in [0.717, 1.165) is 38.3 Å². The molecule has 3 nitrogen and oxygen atoms in total. The molecule has 0 saturated carbocycles. The lowest BCUT2D eigenvalue weighted by atomic mass is 10.1. The SMILES string of the molecule is c1ccc(POc2cc(OPc3ccccc3)c3oc4ccccc4c3c2)cc1. The van der Waals surface area contributed by atoms with Crippen LogP contribution in [0.15, 0.2) is 101 Å². The highest BCUT2D eigenvalue weighted by Crippen LogP contribution is 2.41. The van der Waals surface area contributed by atoms with Gasteiger partial charge in [-0.3, -0.25) is 0 Å². The fraction of sp³-hybridized carbons (Fsp3) is 0. The highest BCUT2D eigenvalue weighted by Gasteiger charge is 2.15. The zero-order chi connectivity index (χ0) is 19.5. The van der Waals surface area contributed by atoms with E-state index >= 15 is 0 Å². The zero-order valence-corrected chi connectivity index (χ0v) is 17.5. The molecule has 0 fully saturated rings. The molecule has 5 heteroatoms. The molecule has 5 rings (SSSR count). The Morgan fingerprint density at radius 2 is 1.21 bits per heavy atom. The van der Waals surface area contributed by atoms with Crippen LogP contribution < -0.4 is 19.7 Å². The van der Waals surface area contributed by atoms with Gasteiger partial charge in [0, 0.05) is 27.4 Å². The van der Waals surface area contributed by atoms with E-state index in [2.05, 4.69) is 30.3 Å². The Kier molecular flexibility index (Phi) is 5.17. The van der Waals surface area contributed by atoms with Gasteiger partial charge in [-0.05, 0) is 12.1 Å².